The topological polar surface area (TPSA) is 30.9 Å². The van der Waals surface area contributed by atoms with Crippen molar-refractivity contribution < 1.29 is 0 Å². The van der Waals surface area contributed by atoms with Crippen LogP contribution < -0.4 is 5.73 Å². The third-order valence-corrected chi connectivity index (χ3v) is 5.06. The Morgan fingerprint density at radius 3 is 2.63 bits per heavy atom. The lowest BCUT2D eigenvalue weighted by Gasteiger charge is -2.36. The number of rotatable bonds is 3. The number of nitrogens with zero attached hydrogens (tertiary/aromatic N) is 1. The molecule has 0 bridgehead atoms. The van der Waals surface area contributed by atoms with Crippen molar-refractivity contribution in [3.63, 3.8) is 0 Å². The van der Waals surface area contributed by atoms with Crippen LogP contribution in [0.25, 0.3) is 0 Å². The van der Waals surface area contributed by atoms with Gasteiger partial charge in [-0.05, 0) is 49.7 Å². The Kier molecular flexibility index (Phi) is 3.83. The second-order valence-corrected chi connectivity index (χ2v) is 7.34. The molecule has 108 valence electrons. The largest absolute Gasteiger partial charge is 0.346 e. The molecular weight excluding hydrogens is 232 g/mol. The molecule has 1 aromatic heterocycles. The quantitative estimate of drug-likeness (QED) is 0.861. The fraction of sp³-hybridized carbons (Fsp3) is 0.765. The summed E-state index contributed by atoms with van der Waals surface area (Å²) >= 11 is 0. The van der Waals surface area contributed by atoms with Crippen molar-refractivity contribution >= 4 is 0 Å². The first-order valence-corrected chi connectivity index (χ1v) is 7.73. The van der Waals surface area contributed by atoms with Crippen LogP contribution in [0.4, 0.5) is 0 Å². The average molecular weight is 262 g/mol. The molecule has 1 aliphatic rings. The zero-order chi connectivity index (χ0) is 14.4. The van der Waals surface area contributed by atoms with Gasteiger partial charge in [-0.3, -0.25) is 0 Å². The van der Waals surface area contributed by atoms with Crippen molar-refractivity contribution in [2.24, 2.45) is 17.1 Å². The summed E-state index contributed by atoms with van der Waals surface area (Å²) in [6, 6.07) is 3.10. The van der Waals surface area contributed by atoms with Gasteiger partial charge in [0.2, 0.25) is 0 Å². The van der Waals surface area contributed by atoms with Crippen molar-refractivity contribution in [2.45, 2.75) is 72.9 Å². The average Bonchev–Trinajstić information content (AvgIpc) is 2.62. The minimum absolute atomic E-state index is 0.211. The maximum Gasteiger partial charge on any atom is 0.0333 e. The van der Waals surface area contributed by atoms with Crippen molar-refractivity contribution in [3.8, 4) is 0 Å². The van der Waals surface area contributed by atoms with E-state index in [1.54, 1.807) is 0 Å². The van der Waals surface area contributed by atoms with Crippen molar-refractivity contribution in [1.82, 2.24) is 4.57 Å². The molecule has 1 aromatic rings. The molecule has 1 heterocycles. The molecule has 2 rings (SSSR count). The first-order chi connectivity index (χ1) is 8.76. The van der Waals surface area contributed by atoms with Crippen molar-refractivity contribution in [2.75, 3.05) is 0 Å². The Bertz CT molecular complexity index is 456. The minimum Gasteiger partial charge on any atom is -0.346 e. The summed E-state index contributed by atoms with van der Waals surface area (Å²) in [6.07, 6.45) is 3.48. The van der Waals surface area contributed by atoms with Crippen LogP contribution in [0.1, 0.15) is 76.5 Å². The highest BCUT2D eigenvalue weighted by Crippen LogP contribution is 2.42. The van der Waals surface area contributed by atoms with Crippen LogP contribution in [0.5, 0.6) is 0 Å². The Hall–Kier alpha value is -0.760. The van der Waals surface area contributed by atoms with E-state index in [0.29, 0.717) is 17.4 Å². The summed E-state index contributed by atoms with van der Waals surface area (Å²) < 4.78 is 2.56. The zero-order valence-electron chi connectivity index (χ0n) is 13.5. The van der Waals surface area contributed by atoms with Gasteiger partial charge < -0.3 is 10.3 Å². The summed E-state index contributed by atoms with van der Waals surface area (Å²) in [5.41, 5.74) is 11.0. The number of hydrogen-bond donors (Lipinski definition) is 1. The van der Waals surface area contributed by atoms with Crippen molar-refractivity contribution in [3.05, 3.63) is 23.0 Å². The second-order valence-electron chi connectivity index (χ2n) is 7.34. The van der Waals surface area contributed by atoms with Crippen LogP contribution >= 0.6 is 0 Å². The van der Waals surface area contributed by atoms with Gasteiger partial charge in [0.05, 0.1) is 0 Å². The monoisotopic (exact) mass is 262 g/mol. The molecule has 2 nitrogen and oxygen atoms in total. The van der Waals surface area contributed by atoms with Crippen LogP contribution in [0.15, 0.2) is 6.07 Å². The predicted molar refractivity (Wildman–Crippen MR) is 82.4 cm³/mol. The van der Waals surface area contributed by atoms with Gasteiger partial charge in [-0.1, -0.05) is 34.1 Å². The summed E-state index contributed by atoms with van der Waals surface area (Å²) in [6.45, 7) is 13.9. The van der Waals surface area contributed by atoms with Gasteiger partial charge >= 0.3 is 0 Å². The summed E-state index contributed by atoms with van der Waals surface area (Å²) in [5.74, 6) is 0.705. The molecule has 0 amide bonds. The normalized spacial score (nSPS) is 24.9. The van der Waals surface area contributed by atoms with E-state index in [0.717, 1.165) is 12.8 Å². The lowest BCUT2D eigenvalue weighted by Crippen LogP contribution is -2.31. The Morgan fingerprint density at radius 1 is 1.42 bits per heavy atom. The number of aryl methyl sites for hydroxylation is 1. The van der Waals surface area contributed by atoms with Crippen LogP contribution in [-0.4, -0.2) is 4.57 Å². The summed E-state index contributed by atoms with van der Waals surface area (Å²) in [5, 5.41) is 0. The van der Waals surface area contributed by atoms with Gasteiger partial charge in [0.1, 0.15) is 0 Å². The van der Waals surface area contributed by atoms with Crippen molar-refractivity contribution in [1.29, 1.82) is 0 Å². The molecular formula is C17H30N2. The second kappa shape index (κ2) is 4.97. The SMILES string of the molecule is CCC(C)C(C)n1c(C)cc2c1CC(C)(C)CC2N. The van der Waals surface area contributed by atoms with Crippen LogP contribution in [0.3, 0.4) is 0 Å². The molecule has 3 unspecified atom stereocenters. The fourth-order valence-corrected chi connectivity index (χ4v) is 3.63. The minimum atomic E-state index is 0.211. The van der Waals surface area contributed by atoms with Gasteiger partial charge in [-0.25, -0.2) is 0 Å². The molecule has 3 atom stereocenters. The van der Waals surface area contributed by atoms with Gasteiger partial charge in [0.15, 0.2) is 0 Å². The van der Waals surface area contributed by atoms with Gasteiger partial charge in [-0.15, -0.1) is 0 Å². The summed E-state index contributed by atoms with van der Waals surface area (Å²) in [7, 11) is 0. The molecule has 2 N–H and O–H groups in total. The molecule has 0 aliphatic heterocycles. The maximum atomic E-state index is 6.40. The Morgan fingerprint density at radius 2 is 2.05 bits per heavy atom. The Balaban J connectivity index is 2.47. The van der Waals surface area contributed by atoms with E-state index in [1.165, 1.54) is 23.4 Å². The zero-order valence-corrected chi connectivity index (χ0v) is 13.5. The number of aromatic nitrogens is 1. The molecule has 0 radical (unpaired) electrons. The third kappa shape index (κ3) is 2.60. The highest BCUT2D eigenvalue weighted by atomic mass is 15.0. The third-order valence-electron chi connectivity index (χ3n) is 5.06. The highest BCUT2D eigenvalue weighted by molar-refractivity contribution is 5.34. The molecule has 0 fully saturated rings. The molecule has 1 aliphatic carbocycles. The van der Waals surface area contributed by atoms with Crippen LogP contribution in [-0.2, 0) is 6.42 Å². The molecule has 0 saturated carbocycles. The number of hydrogen-bond acceptors (Lipinski definition) is 1. The lowest BCUT2D eigenvalue weighted by atomic mass is 9.74. The maximum absolute atomic E-state index is 6.40. The standard InChI is InChI=1S/C17H30N2/c1-7-11(2)13(4)19-12(3)8-14-15(18)9-17(5,6)10-16(14)19/h8,11,13,15H,7,9-10,18H2,1-6H3. The van der Waals surface area contributed by atoms with E-state index in [1.807, 2.05) is 0 Å². The first-order valence-electron chi connectivity index (χ1n) is 7.73. The Labute approximate surface area is 118 Å². The molecule has 0 aromatic carbocycles. The predicted octanol–water partition coefficient (Wildman–Crippen LogP) is 4.38. The fourth-order valence-electron chi connectivity index (χ4n) is 3.63. The van der Waals surface area contributed by atoms with E-state index in [2.05, 4.69) is 52.2 Å². The van der Waals surface area contributed by atoms with E-state index in [9.17, 15) is 0 Å². The van der Waals surface area contributed by atoms with Gasteiger partial charge in [0, 0.05) is 23.5 Å². The molecule has 2 heteroatoms. The van der Waals surface area contributed by atoms with Crippen LogP contribution in [0.2, 0.25) is 0 Å². The van der Waals surface area contributed by atoms with E-state index in [4.69, 9.17) is 5.73 Å². The van der Waals surface area contributed by atoms with Gasteiger partial charge in [0.25, 0.3) is 0 Å². The first kappa shape index (κ1) is 14.6. The van der Waals surface area contributed by atoms with Gasteiger partial charge in [-0.2, -0.15) is 0 Å². The van der Waals surface area contributed by atoms with E-state index < -0.39 is 0 Å². The van der Waals surface area contributed by atoms with E-state index >= 15 is 0 Å². The molecule has 19 heavy (non-hydrogen) atoms. The molecule has 0 spiro atoms. The number of fused-ring (bicyclic) bond motifs is 1. The van der Waals surface area contributed by atoms with E-state index in [-0.39, 0.29) is 6.04 Å². The number of nitrogens with two attached hydrogens (primary N) is 1. The molecule has 0 saturated heterocycles. The van der Waals surface area contributed by atoms with Crippen LogP contribution in [0, 0.1) is 18.3 Å². The summed E-state index contributed by atoms with van der Waals surface area (Å²) in [4.78, 5) is 0. The lowest BCUT2D eigenvalue weighted by molar-refractivity contribution is 0.264. The smallest absolute Gasteiger partial charge is 0.0333 e. The highest BCUT2D eigenvalue weighted by Gasteiger charge is 2.34.